The zero-order valence-electron chi connectivity index (χ0n) is 23.4. The van der Waals surface area contributed by atoms with E-state index < -0.39 is 0 Å². The molecule has 0 radical (unpaired) electrons. The zero-order valence-corrected chi connectivity index (χ0v) is 23.4. The Bertz CT molecular complexity index is 2580. The number of hydrogen-bond donors (Lipinski definition) is 0. The molecule has 2 heterocycles. The molecule has 0 amide bonds. The van der Waals surface area contributed by atoms with Crippen molar-refractivity contribution >= 4 is 49.3 Å². The van der Waals surface area contributed by atoms with Gasteiger partial charge >= 0.3 is 0 Å². The van der Waals surface area contributed by atoms with Crippen LogP contribution in [0.15, 0.2) is 127 Å². The molecule has 6 aromatic carbocycles. The first-order chi connectivity index (χ1) is 21.7. The topological polar surface area (TPSA) is 61.8 Å². The summed E-state index contributed by atoms with van der Waals surface area (Å²) in [5, 5.41) is 23.6. The van der Waals surface area contributed by atoms with Crippen molar-refractivity contribution in [2.75, 3.05) is 0 Å². The molecule has 0 unspecified atom stereocenters. The van der Waals surface area contributed by atoms with Gasteiger partial charge in [0.25, 0.3) is 0 Å². The predicted molar refractivity (Wildman–Crippen MR) is 176 cm³/mol. The van der Waals surface area contributed by atoms with Crippen LogP contribution in [0.5, 0.6) is 0 Å². The summed E-state index contributed by atoms with van der Waals surface area (Å²) in [6, 6.07) is 46.9. The second kappa shape index (κ2) is 9.74. The summed E-state index contributed by atoms with van der Waals surface area (Å²) in [4.78, 5) is 3.66. The summed E-state index contributed by atoms with van der Waals surface area (Å²) in [5.41, 5.74) is 9.85. The normalized spacial score (nSPS) is 11.1. The van der Waals surface area contributed by atoms with E-state index in [0.29, 0.717) is 16.8 Å². The first kappa shape index (κ1) is 25.1. The van der Waals surface area contributed by atoms with Crippen LogP contribution >= 0.6 is 0 Å². The Morgan fingerprint density at radius 1 is 0.523 bits per heavy atom. The van der Waals surface area contributed by atoms with Crippen LogP contribution in [0.25, 0.3) is 71.0 Å². The molecule has 8 aromatic rings. The van der Waals surface area contributed by atoms with Gasteiger partial charge in [-0.1, -0.05) is 54.6 Å². The maximum atomic E-state index is 9.83. The van der Waals surface area contributed by atoms with Gasteiger partial charge in [-0.2, -0.15) is 10.5 Å². The lowest BCUT2D eigenvalue weighted by atomic mass is 10.00. The van der Waals surface area contributed by atoms with E-state index in [-0.39, 0.29) is 0 Å². The third kappa shape index (κ3) is 3.70. The SMILES string of the molecule is [C-]#[N+]c1ccc2c(c1)c1ccccc1n2-c1ccc(C#N)cc1-c1ccc(-n2c3ccccc3c3cc(C#N)ccc32)cc1. The van der Waals surface area contributed by atoms with Crippen molar-refractivity contribution < 1.29 is 0 Å². The summed E-state index contributed by atoms with van der Waals surface area (Å²) in [6.45, 7) is 7.54. The lowest BCUT2D eigenvalue weighted by Gasteiger charge is -2.15. The summed E-state index contributed by atoms with van der Waals surface area (Å²) < 4.78 is 4.45. The van der Waals surface area contributed by atoms with Gasteiger partial charge in [0.1, 0.15) is 0 Å². The number of hydrogen-bond acceptors (Lipinski definition) is 2. The predicted octanol–water partition coefficient (Wildman–Crippen LogP) is 9.84. The number of fused-ring (bicyclic) bond motifs is 6. The number of nitriles is 2. The minimum Gasteiger partial charge on any atom is -0.309 e. The Labute approximate surface area is 253 Å². The molecule has 0 atom stereocenters. The largest absolute Gasteiger partial charge is 0.309 e. The van der Waals surface area contributed by atoms with E-state index in [0.717, 1.165) is 66.1 Å². The number of nitrogens with zero attached hydrogens (tertiary/aromatic N) is 5. The molecule has 0 spiro atoms. The van der Waals surface area contributed by atoms with Gasteiger partial charge in [-0.05, 0) is 83.7 Å². The fourth-order valence-electron chi connectivity index (χ4n) is 6.43. The first-order valence-electron chi connectivity index (χ1n) is 14.2. The van der Waals surface area contributed by atoms with E-state index in [2.05, 4.69) is 74.6 Å². The zero-order chi connectivity index (χ0) is 29.8. The average molecular weight is 560 g/mol. The van der Waals surface area contributed by atoms with Crippen molar-refractivity contribution in [2.45, 2.75) is 0 Å². The van der Waals surface area contributed by atoms with Gasteiger partial charge in [0.15, 0.2) is 5.69 Å². The minimum absolute atomic E-state index is 0.583. The van der Waals surface area contributed by atoms with Crippen molar-refractivity contribution in [2.24, 2.45) is 0 Å². The molecule has 44 heavy (non-hydrogen) atoms. The molecule has 202 valence electrons. The van der Waals surface area contributed by atoms with Gasteiger partial charge in [-0.25, -0.2) is 4.85 Å². The van der Waals surface area contributed by atoms with Gasteiger partial charge in [0.2, 0.25) is 0 Å². The van der Waals surface area contributed by atoms with Crippen LogP contribution in [0.4, 0.5) is 5.69 Å². The molecule has 2 aromatic heterocycles. The van der Waals surface area contributed by atoms with E-state index >= 15 is 0 Å². The van der Waals surface area contributed by atoms with Crippen LogP contribution < -0.4 is 0 Å². The monoisotopic (exact) mass is 559 g/mol. The van der Waals surface area contributed by atoms with E-state index in [1.807, 2.05) is 78.9 Å². The van der Waals surface area contributed by atoms with E-state index in [1.54, 1.807) is 0 Å². The highest BCUT2D eigenvalue weighted by Crippen LogP contribution is 2.39. The average Bonchev–Trinajstić information content (AvgIpc) is 3.60. The van der Waals surface area contributed by atoms with Gasteiger partial charge in [-0.3, -0.25) is 0 Å². The number of benzene rings is 6. The van der Waals surface area contributed by atoms with E-state index in [9.17, 15) is 10.5 Å². The van der Waals surface area contributed by atoms with Gasteiger partial charge in [0, 0.05) is 27.4 Å². The Kier molecular flexibility index (Phi) is 5.56. The number of aromatic nitrogens is 2. The molecule has 5 heteroatoms. The van der Waals surface area contributed by atoms with Gasteiger partial charge in [-0.15, -0.1) is 0 Å². The highest BCUT2D eigenvalue weighted by molar-refractivity contribution is 6.11. The molecular weight excluding hydrogens is 538 g/mol. The van der Waals surface area contributed by atoms with Crippen molar-refractivity contribution in [3.05, 3.63) is 150 Å². The van der Waals surface area contributed by atoms with Crippen molar-refractivity contribution in [3.8, 4) is 34.6 Å². The Morgan fingerprint density at radius 3 is 1.80 bits per heavy atom. The van der Waals surface area contributed by atoms with Crippen molar-refractivity contribution in [1.82, 2.24) is 9.13 Å². The second-order valence-corrected chi connectivity index (χ2v) is 10.8. The lowest BCUT2D eigenvalue weighted by Crippen LogP contribution is -1.98. The molecule has 0 N–H and O–H groups in total. The molecule has 0 aliphatic carbocycles. The van der Waals surface area contributed by atoms with Crippen LogP contribution in [0.2, 0.25) is 0 Å². The highest BCUT2D eigenvalue weighted by Gasteiger charge is 2.18. The van der Waals surface area contributed by atoms with Crippen molar-refractivity contribution in [1.29, 1.82) is 10.5 Å². The fraction of sp³-hybridized carbons (Fsp3) is 0. The van der Waals surface area contributed by atoms with Crippen LogP contribution in [-0.2, 0) is 0 Å². The third-order valence-corrected chi connectivity index (χ3v) is 8.39. The molecule has 0 aliphatic rings. The van der Waals surface area contributed by atoms with E-state index in [1.165, 1.54) is 0 Å². The van der Waals surface area contributed by atoms with E-state index in [4.69, 9.17) is 6.57 Å². The van der Waals surface area contributed by atoms with Crippen LogP contribution in [0.3, 0.4) is 0 Å². The van der Waals surface area contributed by atoms with Crippen LogP contribution in [0.1, 0.15) is 11.1 Å². The van der Waals surface area contributed by atoms with Gasteiger partial charge < -0.3 is 9.13 Å². The summed E-state index contributed by atoms with van der Waals surface area (Å²) in [5.74, 6) is 0. The Morgan fingerprint density at radius 2 is 1.09 bits per heavy atom. The molecule has 5 nitrogen and oxygen atoms in total. The van der Waals surface area contributed by atoms with Crippen LogP contribution in [-0.4, -0.2) is 9.13 Å². The Hall–Kier alpha value is -6.61. The fourth-order valence-corrected chi connectivity index (χ4v) is 6.43. The minimum atomic E-state index is 0.583. The standard InChI is InChI=1S/C39H21N5/c1-42-28-14-19-39-34(22-28)31-7-3-5-9-36(31)44(39)37-17-10-25(23-40)20-32(37)27-12-15-29(16-13-27)43-35-8-4-2-6-30(35)33-21-26(24-41)11-18-38(33)43/h2-22H. The maximum Gasteiger partial charge on any atom is 0.188 e. The molecule has 0 fully saturated rings. The summed E-state index contributed by atoms with van der Waals surface area (Å²) in [7, 11) is 0. The van der Waals surface area contributed by atoms with Crippen LogP contribution in [0, 0.1) is 29.2 Å². The molecule has 0 aliphatic heterocycles. The third-order valence-electron chi connectivity index (χ3n) is 8.39. The molecule has 8 rings (SSSR count). The second-order valence-electron chi connectivity index (χ2n) is 10.8. The molecule has 0 bridgehead atoms. The Balaban J connectivity index is 1.34. The van der Waals surface area contributed by atoms with Gasteiger partial charge in [0.05, 0.1) is 57.6 Å². The maximum absolute atomic E-state index is 9.83. The lowest BCUT2D eigenvalue weighted by molar-refractivity contribution is 1.17. The molecule has 0 saturated carbocycles. The molecular formula is C39H21N5. The summed E-state index contributed by atoms with van der Waals surface area (Å²) in [6.07, 6.45) is 0. The summed E-state index contributed by atoms with van der Waals surface area (Å²) >= 11 is 0. The number of rotatable bonds is 3. The quantitative estimate of drug-likeness (QED) is 0.202. The first-order valence-corrected chi connectivity index (χ1v) is 14.2. The smallest absolute Gasteiger partial charge is 0.188 e. The highest BCUT2D eigenvalue weighted by atomic mass is 15.0. The molecule has 0 saturated heterocycles. The van der Waals surface area contributed by atoms with Crippen molar-refractivity contribution in [3.63, 3.8) is 0 Å². The number of para-hydroxylation sites is 2.